The second-order valence-electron chi connectivity index (χ2n) is 8.50. The Bertz CT molecular complexity index is 1170. The van der Waals surface area contributed by atoms with Gasteiger partial charge in [0, 0.05) is 17.6 Å². The van der Waals surface area contributed by atoms with Crippen LogP contribution in [0.15, 0.2) is 18.5 Å². The maximum absolute atomic E-state index is 13.3. The summed E-state index contributed by atoms with van der Waals surface area (Å²) < 4.78 is 31.4. The lowest BCUT2D eigenvalue weighted by Gasteiger charge is -2.23. The molecule has 1 unspecified atom stereocenters. The molecule has 0 radical (unpaired) electrons. The van der Waals surface area contributed by atoms with Gasteiger partial charge in [0.05, 0.1) is 32.7 Å². The Morgan fingerprint density at radius 1 is 1.31 bits per heavy atom. The number of rotatable bonds is 13. The minimum absolute atomic E-state index is 0.0139. The number of nitrogens with two attached hydrogens (primary N) is 1. The zero-order chi connectivity index (χ0) is 26.5. The lowest BCUT2D eigenvalue weighted by molar-refractivity contribution is -0.138. The molecule has 2 heterocycles. The number of anilines is 1. The molecule has 4 atom stereocenters. The molecule has 1 aliphatic carbocycles. The van der Waals surface area contributed by atoms with E-state index in [1.807, 2.05) is 16.7 Å². The summed E-state index contributed by atoms with van der Waals surface area (Å²) in [5.74, 6) is -0.861. The Hall–Kier alpha value is -2.51. The van der Waals surface area contributed by atoms with Crippen LogP contribution >= 0.6 is 19.5 Å². The number of hydrogen-bond donors (Lipinski definition) is 3. The number of nitrogen functional groups attached to an aromatic ring is 1. The van der Waals surface area contributed by atoms with Crippen LogP contribution in [0.4, 0.5) is 5.95 Å². The third kappa shape index (κ3) is 7.04. The maximum Gasteiger partial charge on any atom is 0.406 e. The number of nitrogens with zero attached hydrogens (tertiary/aromatic N) is 4. The number of imidazole rings is 1. The highest BCUT2D eigenvalue weighted by molar-refractivity contribution is 8.13. The van der Waals surface area contributed by atoms with Crippen molar-refractivity contribution in [3.8, 4) is 5.88 Å². The number of carboxylic acid groups (broad SMARTS) is 1. The van der Waals surface area contributed by atoms with Gasteiger partial charge in [0.15, 0.2) is 16.3 Å². The van der Waals surface area contributed by atoms with E-state index in [9.17, 15) is 19.3 Å². The van der Waals surface area contributed by atoms with Gasteiger partial charge in [-0.25, -0.2) is 14.6 Å². The topological polar surface area (TPSA) is 181 Å². The summed E-state index contributed by atoms with van der Waals surface area (Å²) in [7, 11) is -2.49. The molecule has 0 bridgehead atoms. The highest BCUT2D eigenvalue weighted by Crippen LogP contribution is 2.46. The Balaban J connectivity index is 1.62. The van der Waals surface area contributed by atoms with Crippen molar-refractivity contribution < 1.29 is 33.0 Å². The van der Waals surface area contributed by atoms with Gasteiger partial charge in [-0.1, -0.05) is 37.8 Å². The van der Waals surface area contributed by atoms with E-state index in [4.69, 9.17) is 19.5 Å². The van der Waals surface area contributed by atoms with Crippen molar-refractivity contribution >= 4 is 47.7 Å². The monoisotopic (exact) mass is 542 g/mol. The number of allylic oxidation sites excluding steroid dienone is 1. The highest BCUT2D eigenvalue weighted by atomic mass is 32.2. The summed E-state index contributed by atoms with van der Waals surface area (Å²) in [6, 6.07) is -1.28. The number of thioether (sulfide) groups is 1. The van der Waals surface area contributed by atoms with E-state index >= 15 is 0 Å². The number of fused-ring (bicyclic) bond motifs is 1. The van der Waals surface area contributed by atoms with Crippen LogP contribution in [0.5, 0.6) is 5.88 Å². The van der Waals surface area contributed by atoms with Gasteiger partial charge in [-0.15, -0.1) is 0 Å². The second-order valence-corrected chi connectivity index (χ2v) is 11.4. The van der Waals surface area contributed by atoms with Gasteiger partial charge in [0.1, 0.15) is 6.04 Å². The predicted molar refractivity (Wildman–Crippen MR) is 135 cm³/mol. The Morgan fingerprint density at radius 2 is 2.06 bits per heavy atom. The molecule has 15 heteroatoms. The standard InChI is InChI=1S/C21H31N6O7PS/c1-12(2)20(30)36-8-7-33-35(31,26-13(3)19(28)29)34-10-14-5-6-15(9-14)27-11-23-16-17(27)24-21(22)25-18(16)32-4/h5-6,11-15H,7-10H2,1-4H3,(H,26,31)(H,28,29)(H2,22,24,25)/t13-,14+,15-,35?/m0/s1. The SMILES string of the molecule is COc1nc(N)nc2c1ncn2[C@H]1C=C[C@@H](COP(=O)(N[C@@H](C)C(=O)O)OCCSC(=O)C(C)C)C1. The van der Waals surface area contributed by atoms with Crippen LogP contribution in [0.3, 0.4) is 0 Å². The second kappa shape index (κ2) is 12.2. The number of nitrogens with one attached hydrogen (secondary N) is 1. The first-order chi connectivity index (χ1) is 17.0. The van der Waals surface area contributed by atoms with Gasteiger partial charge >= 0.3 is 13.7 Å². The lowest BCUT2D eigenvalue weighted by atomic mass is 10.1. The van der Waals surface area contributed by atoms with Crippen LogP contribution in [-0.2, 0) is 23.2 Å². The summed E-state index contributed by atoms with van der Waals surface area (Å²) in [6.07, 6.45) is 6.08. The predicted octanol–water partition coefficient (Wildman–Crippen LogP) is 2.65. The lowest BCUT2D eigenvalue weighted by Crippen LogP contribution is -2.33. The van der Waals surface area contributed by atoms with Crippen LogP contribution in [0, 0.1) is 11.8 Å². The molecular formula is C21H31N6O7PS. The molecule has 0 aromatic carbocycles. The third-order valence-corrected chi connectivity index (χ3v) is 8.19. The first kappa shape index (κ1) is 28.1. The fourth-order valence-corrected chi connectivity index (χ4v) is 5.79. The molecule has 0 amide bonds. The van der Waals surface area contributed by atoms with E-state index < -0.39 is 19.8 Å². The molecule has 3 rings (SSSR count). The molecule has 0 aliphatic heterocycles. The fraction of sp³-hybridized carbons (Fsp3) is 0.571. The Labute approximate surface area is 212 Å². The van der Waals surface area contributed by atoms with E-state index in [1.165, 1.54) is 14.0 Å². The molecule has 2 aromatic heterocycles. The summed E-state index contributed by atoms with van der Waals surface area (Å²) in [6.45, 7) is 4.89. The van der Waals surface area contributed by atoms with Crippen LogP contribution in [0.1, 0.15) is 33.2 Å². The Kier molecular flexibility index (Phi) is 9.47. The van der Waals surface area contributed by atoms with Crippen molar-refractivity contribution in [3.05, 3.63) is 18.5 Å². The number of carboxylic acids is 1. The molecule has 198 valence electrons. The fourth-order valence-electron chi connectivity index (χ4n) is 3.44. The van der Waals surface area contributed by atoms with Crippen molar-refractivity contribution in [2.45, 2.75) is 39.3 Å². The van der Waals surface area contributed by atoms with Crippen molar-refractivity contribution in [1.82, 2.24) is 24.6 Å². The molecule has 4 N–H and O–H groups in total. The molecule has 36 heavy (non-hydrogen) atoms. The van der Waals surface area contributed by atoms with Crippen LogP contribution < -0.4 is 15.6 Å². The minimum atomic E-state index is -3.96. The van der Waals surface area contributed by atoms with Gasteiger partial charge in [0.2, 0.25) is 11.8 Å². The van der Waals surface area contributed by atoms with E-state index in [2.05, 4.69) is 20.0 Å². The number of ether oxygens (including phenoxy) is 1. The first-order valence-electron chi connectivity index (χ1n) is 11.3. The van der Waals surface area contributed by atoms with Gasteiger partial charge in [-0.3, -0.25) is 18.6 Å². The van der Waals surface area contributed by atoms with Crippen LogP contribution in [0.25, 0.3) is 11.2 Å². The number of methoxy groups -OCH3 is 1. The minimum Gasteiger partial charge on any atom is -0.480 e. The highest BCUT2D eigenvalue weighted by Gasteiger charge is 2.32. The largest absolute Gasteiger partial charge is 0.480 e. The summed E-state index contributed by atoms with van der Waals surface area (Å²) in [5, 5.41) is 11.7. The molecule has 1 aliphatic rings. The number of carbonyl (C=O) groups excluding carboxylic acids is 1. The smallest absolute Gasteiger partial charge is 0.406 e. The van der Waals surface area contributed by atoms with Crippen molar-refractivity contribution in [1.29, 1.82) is 0 Å². The van der Waals surface area contributed by atoms with E-state index in [0.717, 1.165) is 11.8 Å². The Morgan fingerprint density at radius 3 is 2.72 bits per heavy atom. The zero-order valence-electron chi connectivity index (χ0n) is 20.5. The quantitative estimate of drug-likeness (QED) is 0.191. The van der Waals surface area contributed by atoms with Crippen LogP contribution in [0.2, 0.25) is 0 Å². The number of aromatic nitrogens is 4. The van der Waals surface area contributed by atoms with E-state index in [1.54, 1.807) is 20.2 Å². The molecule has 13 nitrogen and oxygen atoms in total. The molecular weight excluding hydrogens is 511 g/mol. The van der Waals surface area contributed by atoms with Gasteiger partial charge in [0.25, 0.3) is 0 Å². The molecule has 0 spiro atoms. The number of hydrogen-bond acceptors (Lipinski definition) is 11. The average molecular weight is 543 g/mol. The third-order valence-electron chi connectivity index (χ3n) is 5.35. The van der Waals surface area contributed by atoms with Gasteiger partial charge < -0.3 is 20.1 Å². The molecule has 0 saturated heterocycles. The normalized spacial score (nSPS) is 20.0. The first-order valence-corrected chi connectivity index (χ1v) is 13.8. The zero-order valence-corrected chi connectivity index (χ0v) is 22.2. The van der Waals surface area contributed by atoms with E-state index in [-0.39, 0.29) is 53.8 Å². The van der Waals surface area contributed by atoms with Crippen molar-refractivity contribution in [2.75, 3.05) is 31.8 Å². The maximum atomic E-state index is 13.3. The summed E-state index contributed by atoms with van der Waals surface area (Å²) >= 11 is 1.06. The average Bonchev–Trinajstić information content (AvgIpc) is 3.46. The van der Waals surface area contributed by atoms with Crippen LogP contribution in [-0.4, -0.2) is 67.8 Å². The molecule has 0 fully saturated rings. The molecule has 2 aromatic rings. The van der Waals surface area contributed by atoms with E-state index in [0.29, 0.717) is 17.6 Å². The van der Waals surface area contributed by atoms with Gasteiger partial charge in [-0.2, -0.15) is 9.97 Å². The van der Waals surface area contributed by atoms with Gasteiger partial charge in [-0.05, 0) is 13.3 Å². The molecule has 0 saturated carbocycles. The van der Waals surface area contributed by atoms with Crippen molar-refractivity contribution in [3.63, 3.8) is 0 Å². The number of carbonyl (C=O) groups is 2. The van der Waals surface area contributed by atoms with Crippen molar-refractivity contribution in [2.24, 2.45) is 11.8 Å². The summed E-state index contributed by atoms with van der Waals surface area (Å²) in [4.78, 5) is 35.7. The number of aliphatic carboxylic acids is 1. The summed E-state index contributed by atoms with van der Waals surface area (Å²) in [5.41, 5.74) is 6.80.